The molecule has 1 atom stereocenters. The van der Waals surface area contributed by atoms with Crippen molar-refractivity contribution in [3.05, 3.63) is 0 Å². The van der Waals surface area contributed by atoms with Crippen LogP contribution in [0.25, 0.3) is 0 Å². The highest BCUT2D eigenvalue weighted by Crippen LogP contribution is 2.13. The zero-order valence-electron chi connectivity index (χ0n) is 9.24. The van der Waals surface area contributed by atoms with Crippen LogP contribution in [0.2, 0.25) is 0 Å². The minimum absolute atomic E-state index is 0.0927. The molecule has 1 rings (SSSR count). The van der Waals surface area contributed by atoms with E-state index in [1.54, 1.807) is 0 Å². The second-order valence-electron chi connectivity index (χ2n) is 4.75. The van der Waals surface area contributed by atoms with Gasteiger partial charge in [0.25, 0.3) is 5.17 Å². The molecule has 15 heavy (non-hydrogen) atoms. The quantitative estimate of drug-likeness (QED) is 0.701. The molecular formula is C9H17NO3S2. The molecule has 0 spiro atoms. The Hall–Kier alpha value is -0.360. The Morgan fingerprint density at radius 1 is 1.47 bits per heavy atom. The normalized spacial score (nSPS) is 24.9. The zero-order chi connectivity index (χ0) is 11.7. The third kappa shape index (κ3) is 4.79. The van der Waals surface area contributed by atoms with Gasteiger partial charge in [-0.05, 0) is 39.4 Å². The maximum atomic E-state index is 11.2. The molecule has 1 saturated heterocycles. The van der Waals surface area contributed by atoms with E-state index >= 15 is 0 Å². The van der Waals surface area contributed by atoms with E-state index in [1.165, 1.54) is 0 Å². The monoisotopic (exact) mass is 251 g/mol. The third-order valence-electron chi connectivity index (χ3n) is 1.95. The summed E-state index contributed by atoms with van der Waals surface area (Å²) in [5, 5.41) is 3.20. The number of hydrogen-bond acceptors (Lipinski definition) is 4. The van der Waals surface area contributed by atoms with Gasteiger partial charge < -0.3 is 10.1 Å². The molecule has 6 heteroatoms. The number of thiocarbonyl (C=S) groups is 1. The van der Waals surface area contributed by atoms with Gasteiger partial charge in [-0.15, -0.1) is 0 Å². The van der Waals surface area contributed by atoms with Gasteiger partial charge >= 0.3 is 0 Å². The summed E-state index contributed by atoms with van der Waals surface area (Å²) in [4.78, 5) is 0. The molecule has 0 aliphatic carbocycles. The molecule has 88 valence electrons. The van der Waals surface area contributed by atoms with Gasteiger partial charge in [-0.25, -0.2) is 8.42 Å². The van der Waals surface area contributed by atoms with Crippen LogP contribution in [0.5, 0.6) is 0 Å². The first-order valence-electron chi connectivity index (χ1n) is 4.88. The van der Waals surface area contributed by atoms with Gasteiger partial charge in [0, 0.05) is 6.04 Å². The van der Waals surface area contributed by atoms with E-state index in [0.717, 1.165) is 0 Å². The predicted molar refractivity (Wildman–Crippen MR) is 63.6 cm³/mol. The summed E-state index contributed by atoms with van der Waals surface area (Å²) < 4.78 is 27.8. The third-order valence-corrected chi connectivity index (χ3v) is 3.92. The van der Waals surface area contributed by atoms with Crippen LogP contribution in [0.1, 0.15) is 27.2 Å². The maximum Gasteiger partial charge on any atom is 0.257 e. The highest BCUT2D eigenvalue weighted by Gasteiger charge is 2.29. The van der Waals surface area contributed by atoms with Crippen LogP contribution in [0, 0.1) is 0 Å². The van der Waals surface area contributed by atoms with E-state index in [4.69, 9.17) is 17.0 Å². The fourth-order valence-electron chi connectivity index (χ4n) is 1.38. The van der Waals surface area contributed by atoms with Crippen molar-refractivity contribution in [2.24, 2.45) is 0 Å². The molecular weight excluding hydrogens is 234 g/mol. The first-order chi connectivity index (χ1) is 6.68. The number of sulfone groups is 1. The minimum atomic E-state index is -2.86. The first kappa shape index (κ1) is 12.7. The van der Waals surface area contributed by atoms with E-state index in [-0.39, 0.29) is 28.3 Å². The number of rotatable bonds is 1. The van der Waals surface area contributed by atoms with Crippen LogP contribution >= 0.6 is 12.2 Å². The van der Waals surface area contributed by atoms with Gasteiger partial charge in [0.2, 0.25) is 0 Å². The fourth-order valence-corrected chi connectivity index (χ4v) is 3.47. The van der Waals surface area contributed by atoms with Gasteiger partial charge in [-0.2, -0.15) is 0 Å². The smallest absolute Gasteiger partial charge is 0.257 e. The maximum absolute atomic E-state index is 11.2. The summed E-state index contributed by atoms with van der Waals surface area (Å²) in [6, 6.07) is -0.0927. The van der Waals surface area contributed by atoms with E-state index in [9.17, 15) is 8.42 Å². The Morgan fingerprint density at radius 3 is 2.47 bits per heavy atom. The standard InChI is InChI=1S/C9H17NO3S2/c1-9(2,3)13-8(14)10-7-4-5-15(11,12)6-7/h7H,4-6H2,1-3H3,(H,10,14)/t7-/m0/s1. The van der Waals surface area contributed by atoms with Crippen molar-refractivity contribution in [1.82, 2.24) is 5.32 Å². The fraction of sp³-hybridized carbons (Fsp3) is 0.889. The summed E-state index contributed by atoms with van der Waals surface area (Å²) in [6.45, 7) is 5.69. The van der Waals surface area contributed by atoms with E-state index < -0.39 is 9.84 Å². The Balaban J connectivity index is 2.41. The van der Waals surface area contributed by atoms with Gasteiger partial charge in [0.15, 0.2) is 9.84 Å². The van der Waals surface area contributed by atoms with Crippen LogP contribution in [0.4, 0.5) is 0 Å². The average molecular weight is 251 g/mol. The lowest BCUT2D eigenvalue weighted by Gasteiger charge is -2.23. The molecule has 4 nitrogen and oxygen atoms in total. The Labute approximate surface area is 96.3 Å². The van der Waals surface area contributed by atoms with Gasteiger partial charge in [0.05, 0.1) is 11.5 Å². The lowest BCUT2D eigenvalue weighted by Crippen LogP contribution is -2.39. The summed E-state index contributed by atoms with van der Waals surface area (Å²) in [5.74, 6) is 0.392. The lowest BCUT2D eigenvalue weighted by molar-refractivity contribution is 0.113. The van der Waals surface area contributed by atoms with Crippen molar-refractivity contribution < 1.29 is 13.2 Å². The van der Waals surface area contributed by atoms with Crippen LogP contribution in [0.15, 0.2) is 0 Å². The largest absolute Gasteiger partial charge is 0.465 e. The summed E-state index contributed by atoms with van der Waals surface area (Å²) >= 11 is 4.99. The summed E-state index contributed by atoms with van der Waals surface area (Å²) in [7, 11) is -2.86. The second kappa shape index (κ2) is 4.25. The number of hydrogen-bond donors (Lipinski definition) is 1. The molecule has 0 unspecified atom stereocenters. The molecule has 0 aromatic heterocycles. The molecule has 1 aliphatic heterocycles. The topological polar surface area (TPSA) is 55.4 Å². The second-order valence-corrected chi connectivity index (χ2v) is 7.35. The van der Waals surface area contributed by atoms with E-state index in [1.807, 2.05) is 20.8 Å². The molecule has 0 bridgehead atoms. The highest BCUT2D eigenvalue weighted by atomic mass is 32.2. The van der Waals surface area contributed by atoms with Gasteiger partial charge in [0.1, 0.15) is 5.60 Å². The molecule has 0 aromatic carbocycles. The van der Waals surface area contributed by atoms with Crippen molar-refractivity contribution in [3.63, 3.8) is 0 Å². The van der Waals surface area contributed by atoms with Crippen molar-refractivity contribution in [2.45, 2.75) is 38.8 Å². The van der Waals surface area contributed by atoms with Crippen molar-refractivity contribution in [1.29, 1.82) is 0 Å². The predicted octanol–water partition coefficient (Wildman–Crippen LogP) is 0.863. The average Bonchev–Trinajstić information content (AvgIpc) is 2.25. The molecule has 0 radical (unpaired) electrons. The molecule has 1 fully saturated rings. The zero-order valence-corrected chi connectivity index (χ0v) is 10.9. The molecule has 1 N–H and O–H groups in total. The van der Waals surface area contributed by atoms with Crippen LogP contribution < -0.4 is 5.32 Å². The molecule has 0 aromatic rings. The Kier molecular flexibility index (Phi) is 3.60. The number of ether oxygens (including phenoxy) is 1. The van der Waals surface area contributed by atoms with Gasteiger partial charge in [-0.3, -0.25) is 0 Å². The van der Waals surface area contributed by atoms with E-state index in [0.29, 0.717) is 6.42 Å². The van der Waals surface area contributed by atoms with Crippen molar-refractivity contribution in [2.75, 3.05) is 11.5 Å². The van der Waals surface area contributed by atoms with E-state index in [2.05, 4.69) is 5.32 Å². The van der Waals surface area contributed by atoms with Crippen molar-refractivity contribution >= 4 is 27.2 Å². The Morgan fingerprint density at radius 2 is 2.07 bits per heavy atom. The molecule has 1 heterocycles. The van der Waals surface area contributed by atoms with Crippen molar-refractivity contribution in [3.8, 4) is 0 Å². The molecule has 0 saturated carbocycles. The summed E-state index contributed by atoms with van der Waals surface area (Å²) in [5.41, 5.74) is -0.346. The van der Waals surface area contributed by atoms with Crippen LogP contribution in [0.3, 0.4) is 0 Å². The Bertz CT molecular complexity index is 343. The molecule has 0 amide bonds. The number of nitrogens with one attached hydrogen (secondary N) is 1. The van der Waals surface area contributed by atoms with Gasteiger partial charge in [-0.1, -0.05) is 0 Å². The van der Waals surface area contributed by atoms with Crippen LogP contribution in [-0.4, -0.2) is 36.7 Å². The van der Waals surface area contributed by atoms with Crippen LogP contribution in [-0.2, 0) is 14.6 Å². The minimum Gasteiger partial charge on any atom is -0.465 e. The molecule has 1 aliphatic rings. The highest BCUT2D eigenvalue weighted by molar-refractivity contribution is 7.91. The lowest BCUT2D eigenvalue weighted by atomic mass is 10.2. The first-order valence-corrected chi connectivity index (χ1v) is 7.11. The SMILES string of the molecule is CC(C)(C)OC(=S)N[C@H]1CCS(=O)(=O)C1. The summed E-state index contributed by atoms with van der Waals surface area (Å²) in [6.07, 6.45) is 0.607.